The van der Waals surface area contributed by atoms with E-state index in [1.807, 2.05) is 0 Å². The molecule has 9 nitrogen and oxygen atoms in total. The third kappa shape index (κ3) is 5.03. The van der Waals surface area contributed by atoms with Gasteiger partial charge in [-0.2, -0.15) is 10.4 Å². The third-order valence-corrected chi connectivity index (χ3v) is 4.11. The molecule has 0 saturated heterocycles. The standard InChI is InChI=1S/C16H19N3O6S/c1-5-23-14(20)10(8-17)18-19-13-11(15(21)24-6-2)9(4)12(26-13)16(22)25-7-3/h19H,5-7H2,1-4H3/b18-10+. The first kappa shape index (κ1) is 21.1. The number of carbonyl (C=O) groups excluding carboxylic acids is 3. The van der Waals surface area contributed by atoms with Gasteiger partial charge in [-0.15, -0.1) is 11.3 Å². The first-order chi connectivity index (χ1) is 12.4. The summed E-state index contributed by atoms with van der Waals surface area (Å²) >= 11 is 0.911. The van der Waals surface area contributed by atoms with E-state index in [0.717, 1.165) is 11.3 Å². The molecule has 0 aliphatic heterocycles. The first-order valence-electron chi connectivity index (χ1n) is 7.79. The third-order valence-electron chi connectivity index (χ3n) is 2.93. The minimum atomic E-state index is -0.904. The number of ether oxygens (including phenoxy) is 3. The van der Waals surface area contributed by atoms with Crippen molar-refractivity contribution in [1.29, 1.82) is 5.26 Å². The second-order valence-corrected chi connectivity index (χ2v) is 5.63. The molecule has 0 aliphatic carbocycles. The topological polar surface area (TPSA) is 127 Å². The number of carbonyl (C=O) groups is 3. The van der Waals surface area contributed by atoms with Crippen LogP contribution in [0.2, 0.25) is 0 Å². The molecular formula is C16H19N3O6S. The zero-order valence-electron chi connectivity index (χ0n) is 14.9. The molecule has 0 aromatic carbocycles. The summed E-state index contributed by atoms with van der Waals surface area (Å²) in [7, 11) is 0. The Hall–Kier alpha value is -2.93. The molecule has 0 bridgehead atoms. The lowest BCUT2D eigenvalue weighted by Crippen LogP contribution is -2.17. The molecule has 0 spiro atoms. The van der Waals surface area contributed by atoms with Crippen molar-refractivity contribution in [3.63, 3.8) is 0 Å². The summed E-state index contributed by atoms with van der Waals surface area (Å²) in [6, 6.07) is 1.61. The van der Waals surface area contributed by atoms with Crippen LogP contribution >= 0.6 is 11.3 Å². The number of hydrazone groups is 1. The molecule has 0 aliphatic rings. The van der Waals surface area contributed by atoms with E-state index in [0.29, 0.717) is 5.56 Å². The smallest absolute Gasteiger partial charge is 0.369 e. The van der Waals surface area contributed by atoms with E-state index >= 15 is 0 Å². The number of esters is 3. The Bertz CT molecular complexity index is 763. The molecule has 10 heteroatoms. The normalized spacial score (nSPS) is 10.7. The number of rotatable bonds is 8. The predicted molar refractivity (Wildman–Crippen MR) is 94.3 cm³/mol. The van der Waals surface area contributed by atoms with Crippen molar-refractivity contribution >= 4 is 40.0 Å². The van der Waals surface area contributed by atoms with Gasteiger partial charge in [-0.05, 0) is 33.3 Å². The van der Waals surface area contributed by atoms with Gasteiger partial charge in [0.15, 0.2) is 0 Å². The molecule has 0 fully saturated rings. The quantitative estimate of drug-likeness (QED) is 0.314. The van der Waals surface area contributed by atoms with Crippen molar-refractivity contribution in [2.24, 2.45) is 5.10 Å². The van der Waals surface area contributed by atoms with Crippen LogP contribution in [0.5, 0.6) is 0 Å². The van der Waals surface area contributed by atoms with Crippen LogP contribution in [0.1, 0.15) is 46.4 Å². The Morgan fingerprint density at radius 2 is 1.65 bits per heavy atom. The second kappa shape index (κ2) is 10.1. The van der Waals surface area contributed by atoms with Gasteiger partial charge in [0.2, 0.25) is 5.71 Å². The highest BCUT2D eigenvalue weighted by molar-refractivity contribution is 7.18. The minimum absolute atomic E-state index is 0.0821. The maximum Gasteiger partial charge on any atom is 0.369 e. The molecule has 26 heavy (non-hydrogen) atoms. The molecule has 0 unspecified atom stereocenters. The second-order valence-electron chi connectivity index (χ2n) is 4.61. The summed E-state index contributed by atoms with van der Waals surface area (Å²) < 4.78 is 14.7. The maximum atomic E-state index is 12.2. The Labute approximate surface area is 154 Å². The number of nitrogens with zero attached hydrogens (tertiary/aromatic N) is 2. The lowest BCUT2D eigenvalue weighted by Gasteiger charge is -2.05. The fraction of sp³-hybridized carbons (Fsp3) is 0.438. The van der Waals surface area contributed by atoms with Crippen LogP contribution in [0, 0.1) is 18.3 Å². The number of thiophene rings is 1. The molecule has 1 N–H and O–H groups in total. The molecule has 1 rings (SSSR count). The Morgan fingerprint density at radius 1 is 1.08 bits per heavy atom. The molecule has 0 saturated carbocycles. The van der Waals surface area contributed by atoms with Crippen LogP contribution in [0.25, 0.3) is 0 Å². The highest BCUT2D eigenvalue weighted by Gasteiger charge is 2.26. The largest absolute Gasteiger partial charge is 0.462 e. The summed E-state index contributed by atoms with van der Waals surface area (Å²) in [6.45, 7) is 6.86. The van der Waals surface area contributed by atoms with Crippen LogP contribution in [0.15, 0.2) is 5.10 Å². The van der Waals surface area contributed by atoms with Crippen LogP contribution < -0.4 is 5.43 Å². The zero-order valence-corrected chi connectivity index (χ0v) is 15.7. The van der Waals surface area contributed by atoms with Gasteiger partial charge in [-0.3, -0.25) is 5.43 Å². The maximum absolute atomic E-state index is 12.2. The molecule has 0 radical (unpaired) electrons. The number of nitrogens with one attached hydrogen (secondary N) is 1. The van der Waals surface area contributed by atoms with Gasteiger partial charge in [0, 0.05) is 0 Å². The SMILES string of the molecule is CCOC(=O)/C(C#N)=N/Nc1sc(C(=O)OCC)c(C)c1C(=O)OCC. The fourth-order valence-electron chi connectivity index (χ4n) is 1.86. The molecular weight excluding hydrogens is 362 g/mol. The van der Waals surface area contributed by atoms with Crippen molar-refractivity contribution in [2.75, 3.05) is 25.2 Å². The average molecular weight is 381 g/mol. The van der Waals surface area contributed by atoms with E-state index in [-0.39, 0.29) is 35.3 Å². The summed E-state index contributed by atoms with van der Waals surface area (Å²) in [4.78, 5) is 36.1. The molecule has 140 valence electrons. The lowest BCUT2D eigenvalue weighted by atomic mass is 10.1. The first-order valence-corrected chi connectivity index (χ1v) is 8.61. The summed E-state index contributed by atoms with van der Waals surface area (Å²) in [5, 5.41) is 12.8. The van der Waals surface area contributed by atoms with E-state index < -0.39 is 23.6 Å². The van der Waals surface area contributed by atoms with Gasteiger partial charge in [0.05, 0.1) is 25.4 Å². The average Bonchev–Trinajstić information content (AvgIpc) is 2.92. The Balaban J connectivity index is 3.29. The minimum Gasteiger partial charge on any atom is -0.462 e. The van der Waals surface area contributed by atoms with Crippen LogP contribution in [-0.2, 0) is 19.0 Å². The number of anilines is 1. The van der Waals surface area contributed by atoms with E-state index in [1.165, 1.54) is 0 Å². The monoisotopic (exact) mass is 381 g/mol. The molecule has 0 amide bonds. The summed E-state index contributed by atoms with van der Waals surface area (Å²) in [5.41, 5.74) is 2.40. The number of nitriles is 1. The molecule has 1 heterocycles. The van der Waals surface area contributed by atoms with Crippen molar-refractivity contribution in [3.05, 3.63) is 16.0 Å². The van der Waals surface area contributed by atoms with Gasteiger partial charge >= 0.3 is 17.9 Å². The van der Waals surface area contributed by atoms with Crippen molar-refractivity contribution in [3.8, 4) is 6.07 Å². The molecule has 1 aromatic rings. The lowest BCUT2D eigenvalue weighted by molar-refractivity contribution is -0.134. The molecule has 0 atom stereocenters. The van der Waals surface area contributed by atoms with Crippen LogP contribution in [0.4, 0.5) is 5.00 Å². The van der Waals surface area contributed by atoms with E-state index in [1.54, 1.807) is 33.8 Å². The van der Waals surface area contributed by atoms with Crippen molar-refractivity contribution in [2.45, 2.75) is 27.7 Å². The zero-order chi connectivity index (χ0) is 19.7. The van der Waals surface area contributed by atoms with Gasteiger partial charge in [0.1, 0.15) is 15.9 Å². The van der Waals surface area contributed by atoms with Gasteiger partial charge in [-0.1, -0.05) is 0 Å². The fourth-order valence-corrected chi connectivity index (χ4v) is 2.89. The highest BCUT2D eigenvalue weighted by atomic mass is 32.1. The summed E-state index contributed by atoms with van der Waals surface area (Å²) in [6.07, 6.45) is 0. The van der Waals surface area contributed by atoms with Gasteiger partial charge < -0.3 is 14.2 Å². The summed E-state index contributed by atoms with van der Waals surface area (Å²) in [5.74, 6) is -2.16. The van der Waals surface area contributed by atoms with Crippen LogP contribution in [-0.4, -0.2) is 43.4 Å². The van der Waals surface area contributed by atoms with E-state index in [2.05, 4.69) is 10.5 Å². The predicted octanol–water partition coefficient (Wildman–Crippen LogP) is 2.26. The molecule has 1 aromatic heterocycles. The van der Waals surface area contributed by atoms with Crippen molar-refractivity contribution < 1.29 is 28.6 Å². The Kier molecular flexibility index (Phi) is 8.24. The van der Waals surface area contributed by atoms with Gasteiger partial charge in [0.25, 0.3) is 0 Å². The van der Waals surface area contributed by atoms with E-state index in [4.69, 9.17) is 19.5 Å². The number of hydrogen-bond acceptors (Lipinski definition) is 10. The highest BCUT2D eigenvalue weighted by Crippen LogP contribution is 2.34. The number of hydrogen-bond donors (Lipinski definition) is 1. The van der Waals surface area contributed by atoms with E-state index in [9.17, 15) is 14.4 Å². The van der Waals surface area contributed by atoms with Gasteiger partial charge in [-0.25, -0.2) is 14.4 Å². The Morgan fingerprint density at radius 3 is 2.19 bits per heavy atom. The van der Waals surface area contributed by atoms with Crippen LogP contribution in [0.3, 0.4) is 0 Å². The van der Waals surface area contributed by atoms with Crippen molar-refractivity contribution in [1.82, 2.24) is 0 Å².